The van der Waals surface area contributed by atoms with Crippen LogP contribution in [0.15, 0.2) is 0 Å². The van der Waals surface area contributed by atoms with E-state index >= 15 is 0 Å². The van der Waals surface area contributed by atoms with Gasteiger partial charge in [-0.05, 0) is 70.8 Å². The third-order valence-electron chi connectivity index (χ3n) is 13.1. The van der Waals surface area contributed by atoms with Crippen molar-refractivity contribution < 1.29 is 124 Å². The van der Waals surface area contributed by atoms with Gasteiger partial charge in [0.1, 0.15) is 85.1 Å². The maximum absolute atomic E-state index is 14.1. The van der Waals surface area contributed by atoms with Crippen molar-refractivity contribution in [2.45, 2.75) is 188 Å². The number of hydrogen-bond acceptors (Lipinski definition) is 27. The third-order valence-corrected chi connectivity index (χ3v) is 13.1. The number of amides is 3. The van der Waals surface area contributed by atoms with Crippen LogP contribution in [0.5, 0.6) is 0 Å². The number of Topliss-reactive ketones (excluding diaryl/α,β-unsaturated/α-hetero) is 1. The van der Waals surface area contributed by atoms with Crippen LogP contribution in [0.3, 0.4) is 0 Å². The zero-order valence-corrected chi connectivity index (χ0v) is 44.0. The molecular weight excluding hydrogens is 1050 g/mol. The fourth-order valence-electron chi connectivity index (χ4n) is 8.43. The number of hydroxylamine groups is 1. The van der Waals surface area contributed by atoms with Gasteiger partial charge in [-0.1, -0.05) is 0 Å². The molecule has 0 saturated carbocycles. The molecule has 0 bridgehead atoms. The van der Waals surface area contributed by atoms with Crippen molar-refractivity contribution in [3.63, 3.8) is 0 Å². The first-order valence-electron chi connectivity index (χ1n) is 26.8. The van der Waals surface area contributed by atoms with Gasteiger partial charge in [-0.3, -0.25) is 24.0 Å². The number of unbranched alkanes of at least 4 members (excludes halogenated alkanes) is 3. The van der Waals surface area contributed by atoms with E-state index in [0.717, 1.165) is 0 Å². The van der Waals surface area contributed by atoms with Gasteiger partial charge >= 0.3 is 5.97 Å². The highest BCUT2D eigenvalue weighted by atomic mass is 16.7. The van der Waals surface area contributed by atoms with Gasteiger partial charge in [0.2, 0.25) is 17.7 Å². The Morgan fingerprint density at radius 2 is 0.949 bits per heavy atom. The molecule has 78 heavy (non-hydrogen) atoms. The van der Waals surface area contributed by atoms with Gasteiger partial charge in [-0.25, -0.2) is 0 Å². The standard InChI is InChI=1S/C48H87N5O25/c54-20-14-34(60)52-29(11-7-17-51-78-35(61)13-3-6-23-74-48-44(70)41(67)38(64)32(27-57)77-48)45(71)53(19-9-16-50-33(59)12-2-5-22-73-47-43(69)40(66)37(63)31(26-56)76-47)18-8-15-49-24-28(58)10-1-4-21-72-46-42(68)39(65)36(62)30(25-55)75-46/h29-32,36-44,46-49,51,54-57,62-70H,1-27H2,(H,50,59)(H,52,60)/t29-,30?,31?,32?,36?,37?,38?,39?,40?,41?,42?,43?,44?,46?,47?,48?/m0/s1. The highest BCUT2D eigenvalue weighted by Crippen LogP contribution is 2.25. The molecule has 0 aromatic carbocycles. The summed E-state index contributed by atoms with van der Waals surface area (Å²) in [6.07, 6.45) is -18.0. The van der Waals surface area contributed by atoms with Crippen molar-refractivity contribution in [1.82, 2.24) is 26.3 Å². The summed E-state index contributed by atoms with van der Waals surface area (Å²) in [5, 5.41) is 136. The van der Waals surface area contributed by atoms with Crippen molar-refractivity contribution in [2.75, 3.05) is 85.5 Å². The van der Waals surface area contributed by atoms with E-state index in [9.17, 15) is 90.4 Å². The van der Waals surface area contributed by atoms with Gasteiger partial charge in [0.05, 0.1) is 33.0 Å². The number of carbonyl (C=O) groups is 5. The van der Waals surface area contributed by atoms with E-state index in [1.54, 1.807) is 0 Å². The maximum atomic E-state index is 14.1. The Bertz CT molecular complexity index is 1710. The maximum Gasteiger partial charge on any atom is 0.324 e. The molecule has 3 aliphatic heterocycles. The summed E-state index contributed by atoms with van der Waals surface area (Å²) in [5.74, 6) is -2.06. The van der Waals surface area contributed by atoms with Crippen molar-refractivity contribution in [3.8, 4) is 0 Å². The van der Waals surface area contributed by atoms with Crippen molar-refractivity contribution >= 4 is 29.5 Å². The lowest BCUT2D eigenvalue weighted by atomic mass is 9.99. The van der Waals surface area contributed by atoms with Crippen LogP contribution >= 0.6 is 0 Å². The van der Waals surface area contributed by atoms with Crippen LogP contribution in [0, 0.1) is 0 Å². The first kappa shape index (κ1) is 69.0. The predicted molar refractivity (Wildman–Crippen MR) is 264 cm³/mol. The molecule has 16 atom stereocenters. The van der Waals surface area contributed by atoms with E-state index < -0.39 is 142 Å². The normalized spacial score (nSPS) is 29.6. The second-order valence-electron chi connectivity index (χ2n) is 19.3. The van der Waals surface area contributed by atoms with Crippen LogP contribution < -0.4 is 21.4 Å². The average Bonchev–Trinajstić information content (AvgIpc) is 3.45. The summed E-state index contributed by atoms with van der Waals surface area (Å²) >= 11 is 0. The predicted octanol–water partition coefficient (Wildman–Crippen LogP) is -7.47. The summed E-state index contributed by atoms with van der Waals surface area (Å²) in [6.45, 7) is -1.26. The van der Waals surface area contributed by atoms with E-state index in [1.165, 1.54) is 4.90 Å². The molecule has 0 aliphatic carbocycles. The minimum absolute atomic E-state index is 0.0142. The number of ketones is 1. The fraction of sp³-hybridized carbons (Fsp3) is 0.896. The van der Waals surface area contributed by atoms with Crippen LogP contribution in [0.25, 0.3) is 0 Å². The molecule has 3 heterocycles. The number of carbonyl (C=O) groups excluding carboxylic acids is 5. The fourth-order valence-corrected chi connectivity index (χ4v) is 8.43. The first-order valence-corrected chi connectivity index (χ1v) is 26.8. The molecule has 30 nitrogen and oxygen atoms in total. The molecule has 0 aromatic rings. The zero-order chi connectivity index (χ0) is 57.6. The Morgan fingerprint density at radius 1 is 0.487 bits per heavy atom. The van der Waals surface area contributed by atoms with Crippen molar-refractivity contribution in [2.24, 2.45) is 0 Å². The molecular formula is C48H87N5O25. The lowest BCUT2D eigenvalue weighted by molar-refractivity contribution is -0.301. The molecule has 454 valence electrons. The van der Waals surface area contributed by atoms with E-state index in [2.05, 4.69) is 21.4 Å². The van der Waals surface area contributed by atoms with Gasteiger partial charge < -0.3 is 120 Å². The van der Waals surface area contributed by atoms with Gasteiger partial charge in [-0.2, -0.15) is 5.48 Å². The van der Waals surface area contributed by atoms with Gasteiger partial charge in [0.25, 0.3) is 0 Å². The minimum Gasteiger partial charge on any atom is -0.396 e. The SMILES string of the molecule is O=C(CCCCOC1OC(CO)C(O)C(O)C1O)CNCCCN(CCCNC(=O)CCCCOC1OC(CO)C(O)C(O)C1O)C(=O)[C@H](CCCNOC(=O)CCCCOC1OC(CO)C(O)C(O)C1O)NC(=O)CCO. The van der Waals surface area contributed by atoms with Crippen molar-refractivity contribution in [1.29, 1.82) is 0 Å². The molecule has 30 heteroatoms. The number of hydrogen-bond donors (Lipinski definition) is 17. The molecule has 17 N–H and O–H groups in total. The Kier molecular flexibility index (Phi) is 34.0. The zero-order valence-electron chi connectivity index (χ0n) is 44.0. The number of ether oxygens (including phenoxy) is 6. The van der Waals surface area contributed by atoms with Crippen LogP contribution in [-0.2, 0) is 57.2 Å². The number of rotatable bonds is 40. The molecule has 3 fully saturated rings. The van der Waals surface area contributed by atoms with E-state index in [-0.39, 0.29) is 103 Å². The smallest absolute Gasteiger partial charge is 0.324 e. The van der Waals surface area contributed by atoms with E-state index in [4.69, 9.17) is 33.3 Å². The highest BCUT2D eigenvalue weighted by molar-refractivity contribution is 5.87. The van der Waals surface area contributed by atoms with E-state index in [0.29, 0.717) is 57.9 Å². The van der Waals surface area contributed by atoms with Crippen LogP contribution in [0.2, 0.25) is 0 Å². The molecule has 15 unspecified atom stereocenters. The van der Waals surface area contributed by atoms with Gasteiger partial charge in [-0.15, -0.1) is 0 Å². The van der Waals surface area contributed by atoms with Crippen LogP contribution in [0.4, 0.5) is 0 Å². The minimum atomic E-state index is -1.59. The first-order chi connectivity index (χ1) is 37.4. The summed E-state index contributed by atoms with van der Waals surface area (Å²) in [7, 11) is 0. The monoisotopic (exact) mass is 1130 g/mol. The molecule has 3 aliphatic rings. The molecule has 3 saturated heterocycles. The number of nitrogens with one attached hydrogen (secondary N) is 4. The van der Waals surface area contributed by atoms with Gasteiger partial charge in [0.15, 0.2) is 18.9 Å². The summed E-state index contributed by atoms with van der Waals surface area (Å²) in [4.78, 5) is 71.2. The average molecular weight is 1130 g/mol. The summed E-state index contributed by atoms with van der Waals surface area (Å²) in [6, 6.07) is -1.07. The quantitative estimate of drug-likeness (QED) is 0.0200. The topological polar surface area (TPSA) is 464 Å². The Balaban J connectivity index is 1.46. The Morgan fingerprint density at radius 3 is 1.42 bits per heavy atom. The summed E-state index contributed by atoms with van der Waals surface area (Å²) in [5.41, 5.74) is 2.55. The molecule has 0 spiro atoms. The number of aliphatic hydroxyl groups is 13. The second-order valence-corrected chi connectivity index (χ2v) is 19.3. The molecule has 0 radical (unpaired) electrons. The van der Waals surface area contributed by atoms with Gasteiger partial charge in [0, 0.05) is 71.7 Å². The van der Waals surface area contributed by atoms with Crippen LogP contribution in [0.1, 0.15) is 89.9 Å². The molecule has 0 aromatic heterocycles. The summed E-state index contributed by atoms with van der Waals surface area (Å²) < 4.78 is 32.3. The third kappa shape index (κ3) is 24.0. The highest BCUT2D eigenvalue weighted by Gasteiger charge is 2.46. The number of nitrogens with zero attached hydrogens (tertiary/aromatic N) is 1. The Hall–Kier alpha value is -3.29. The number of aliphatic hydroxyl groups excluding tert-OH is 13. The lowest BCUT2D eigenvalue weighted by Gasteiger charge is -2.39. The van der Waals surface area contributed by atoms with Crippen molar-refractivity contribution in [3.05, 3.63) is 0 Å². The second kappa shape index (κ2) is 38.4. The lowest BCUT2D eigenvalue weighted by Crippen LogP contribution is -2.59. The van der Waals surface area contributed by atoms with E-state index in [1.807, 2.05) is 0 Å². The molecule has 3 rings (SSSR count). The molecule has 3 amide bonds. The van der Waals surface area contributed by atoms with Crippen LogP contribution in [-0.4, -0.2) is 284 Å². The largest absolute Gasteiger partial charge is 0.396 e. The Labute approximate surface area is 452 Å².